The Labute approximate surface area is 203 Å². The number of pyridine rings is 1. The van der Waals surface area contributed by atoms with Crippen LogP contribution in [0.1, 0.15) is 11.3 Å². The zero-order valence-corrected chi connectivity index (χ0v) is 20.0. The number of sulfonamides is 1. The molecule has 0 spiro atoms. The second-order valence-electron chi connectivity index (χ2n) is 7.45. The van der Waals surface area contributed by atoms with Gasteiger partial charge in [0.1, 0.15) is 12.3 Å². The first-order valence-corrected chi connectivity index (χ1v) is 12.1. The fourth-order valence-corrected chi connectivity index (χ4v) is 4.04. The van der Waals surface area contributed by atoms with Crippen LogP contribution in [0.25, 0.3) is 11.7 Å². The van der Waals surface area contributed by atoms with Crippen LogP contribution in [0.4, 0.5) is 5.69 Å². The van der Waals surface area contributed by atoms with Crippen LogP contribution in [-0.4, -0.2) is 37.9 Å². The highest BCUT2D eigenvalue weighted by atomic mass is 32.2. The van der Waals surface area contributed by atoms with Gasteiger partial charge in [0.15, 0.2) is 11.5 Å². The van der Waals surface area contributed by atoms with Gasteiger partial charge in [-0.1, -0.05) is 18.2 Å². The highest BCUT2D eigenvalue weighted by molar-refractivity contribution is 7.89. The molecule has 9 nitrogen and oxygen atoms in total. The first kappa shape index (κ1) is 24.0. The number of methoxy groups -OCH3 is 1. The quantitative estimate of drug-likeness (QED) is 0.346. The van der Waals surface area contributed by atoms with Crippen molar-refractivity contribution in [1.82, 2.24) is 14.1 Å². The van der Waals surface area contributed by atoms with Crippen LogP contribution in [0.5, 0.6) is 11.5 Å². The lowest BCUT2D eigenvalue weighted by atomic mass is 10.2. The monoisotopic (exact) mass is 492 g/mol. The molecule has 0 radical (unpaired) electrons. The number of carbonyl (C=O) groups excluding carboxylic acids is 1. The van der Waals surface area contributed by atoms with Crippen molar-refractivity contribution in [3.05, 3.63) is 90.4 Å². The van der Waals surface area contributed by atoms with E-state index in [2.05, 4.69) is 15.0 Å². The summed E-state index contributed by atoms with van der Waals surface area (Å²) < 4.78 is 39.1. The number of ether oxygens (including phenoxy) is 2. The highest BCUT2D eigenvalue weighted by Crippen LogP contribution is 2.31. The Balaban J connectivity index is 1.41. The number of aromatic nitrogens is 2. The summed E-state index contributed by atoms with van der Waals surface area (Å²) in [5.74, 6) is 0.639. The molecule has 0 unspecified atom stereocenters. The zero-order valence-electron chi connectivity index (χ0n) is 19.1. The van der Waals surface area contributed by atoms with Crippen LogP contribution in [0, 0.1) is 0 Å². The largest absolute Gasteiger partial charge is 0.493 e. The molecule has 4 aromatic rings. The fourth-order valence-electron chi connectivity index (χ4n) is 3.31. The number of benzene rings is 2. The normalized spacial score (nSPS) is 11.6. The average molecular weight is 493 g/mol. The van der Waals surface area contributed by atoms with Gasteiger partial charge in [0, 0.05) is 30.2 Å². The van der Waals surface area contributed by atoms with E-state index in [0.29, 0.717) is 22.7 Å². The number of rotatable bonds is 9. The molecule has 2 N–H and O–H groups in total. The number of nitrogens with zero attached hydrogens (tertiary/aromatic N) is 2. The molecule has 2 aromatic heterocycles. The summed E-state index contributed by atoms with van der Waals surface area (Å²) in [7, 11) is -0.614. The molecule has 0 fully saturated rings. The Bertz CT molecular complexity index is 1440. The fraction of sp³-hybridized carbons (Fsp3) is 0.120. The van der Waals surface area contributed by atoms with E-state index in [1.807, 2.05) is 35.0 Å². The van der Waals surface area contributed by atoms with Gasteiger partial charge in [-0.3, -0.25) is 4.79 Å². The van der Waals surface area contributed by atoms with E-state index in [0.717, 1.165) is 11.3 Å². The van der Waals surface area contributed by atoms with Crippen molar-refractivity contribution in [3.8, 4) is 11.5 Å². The molecule has 0 saturated heterocycles. The van der Waals surface area contributed by atoms with E-state index in [-0.39, 0.29) is 17.4 Å². The van der Waals surface area contributed by atoms with Crippen molar-refractivity contribution in [2.24, 2.45) is 0 Å². The molecule has 180 valence electrons. The minimum Gasteiger partial charge on any atom is -0.493 e. The number of amides is 1. The maximum absolute atomic E-state index is 12.4. The first-order chi connectivity index (χ1) is 16.9. The number of hydrogen-bond donors (Lipinski definition) is 2. The Morgan fingerprint density at radius 1 is 1.09 bits per heavy atom. The summed E-state index contributed by atoms with van der Waals surface area (Å²) in [6, 6.07) is 17.0. The lowest BCUT2D eigenvalue weighted by molar-refractivity contribution is -0.111. The lowest BCUT2D eigenvalue weighted by Gasteiger charge is -2.12. The highest BCUT2D eigenvalue weighted by Gasteiger charge is 2.11. The first-order valence-electron chi connectivity index (χ1n) is 10.6. The van der Waals surface area contributed by atoms with Crippen LogP contribution >= 0.6 is 0 Å². The van der Waals surface area contributed by atoms with Crippen molar-refractivity contribution >= 4 is 33.3 Å². The van der Waals surface area contributed by atoms with E-state index >= 15 is 0 Å². The van der Waals surface area contributed by atoms with Gasteiger partial charge in [0.2, 0.25) is 15.9 Å². The second kappa shape index (κ2) is 10.4. The van der Waals surface area contributed by atoms with Gasteiger partial charge < -0.3 is 19.2 Å². The minimum atomic E-state index is -3.51. The van der Waals surface area contributed by atoms with E-state index in [1.54, 1.807) is 43.5 Å². The summed E-state index contributed by atoms with van der Waals surface area (Å²) in [5.41, 5.74) is 2.79. The van der Waals surface area contributed by atoms with Crippen LogP contribution in [0.3, 0.4) is 0 Å². The van der Waals surface area contributed by atoms with Crippen molar-refractivity contribution in [3.63, 3.8) is 0 Å². The molecule has 0 aliphatic heterocycles. The van der Waals surface area contributed by atoms with Gasteiger partial charge in [-0.25, -0.2) is 18.1 Å². The summed E-state index contributed by atoms with van der Waals surface area (Å²) in [6.45, 7) is 0.231. The third-order valence-corrected chi connectivity index (χ3v) is 6.54. The molecular weight excluding hydrogens is 468 g/mol. The van der Waals surface area contributed by atoms with Crippen LogP contribution in [0.2, 0.25) is 0 Å². The van der Waals surface area contributed by atoms with E-state index < -0.39 is 10.0 Å². The van der Waals surface area contributed by atoms with Gasteiger partial charge in [0.25, 0.3) is 0 Å². The van der Waals surface area contributed by atoms with Crippen molar-refractivity contribution in [1.29, 1.82) is 0 Å². The number of carbonyl (C=O) groups is 1. The molecule has 35 heavy (non-hydrogen) atoms. The topological polar surface area (TPSA) is 111 Å². The third-order valence-electron chi connectivity index (χ3n) is 5.11. The Morgan fingerprint density at radius 2 is 1.89 bits per heavy atom. The zero-order chi connectivity index (χ0) is 24.8. The smallest absolute Gasteiger partial charge is 0.248 e. The van der Waals surface area contributed by atoms with Crippen LogP contribution < -0.4 is 19.5 Å². The number of anilines is 1. The molecule has 10 heteroatoms. The Kier molecular flexibility index (Phi) is 7.14. The Hall–Kier alpha value is -4.15. The van der Waals surface area contributed by atoms with Gasteiger partial charge in [0.05, 0.1) is 17.7 Å². The molecule has 0 aliphatic carbocycles. The second-order valence-corrected chi connectivity index (χ2v) is 9.34. The summed E-state index contributed by atoms with van der Waals surface area (Å²) >= 11 is 0. The maximum Gasteiger partial charge on any atom is 0.248 e. The molecular formula is C25H24N4O5S. The van der Waals surface area contributed by atoms with Crippen LogP contribution in [-0.2, 0) is 21.4 Å². The van der Waals surface area contributed by atoms with E-state index in [9.17, 15) is 13.2 Å². The van der Waals surface area contributed by atoms with Crippen molar-refractivity contribution in [2.45, 2.75) is 11.5 Å². The molecule has 1 amide bonds. The maximum atomic E-state index is 12.4. The SMILES string of the molecule is CNS(=O)(=O)c1ccc(C=CC(=O)Nc2ccc(OC)c(OCc3cn4ccccc4n3)c2)cc1. The van der Waals surface area contributed by atoms with E-state index in [4.69, 9.17) is 9.47 Å². The summed E-state index contributed by atoms with van der Waals surface area (Å²) in [4.78, 5) is 17.1. The number of nitrogens with one attached hydrogen (secondary N) is 2. The molecule has 0 aliphatic rings. The van der Waals surface area contributed by atoms with Gasteiger partial charge in [-0.15, -0.1) is 0 Å². The molecule has 4 rings (SSSR count). The molecule has 2 heterocycles. The third kappa shape index (κ3) is 5.86. The number of fused-ring (bicyclic) bond motifs is 1. The minimum absolute atomic E-state index is 0.149. The van der Waals surface area contributed by atoms with Gasteiger partial charge in [-0.2, -0.15) is 0 Å². The molecule has 0 atom stereocenters. The lowest BCUT2D eigenvalue weighted by Crippen LogP contribution is -2.18. The molecule has 0 bridgehead atoms. The van der Waals surface area contributed by atoms with Gasteiger partial charge in [-0.05, 0) is 55.1 Å². The average Bonchev–Trinajstić information content (AvgIpc) is 3.30. The number of hydrogen-bond acceptors (Lipinski definition) is 6. The standard InChI is InChI=1S/C25H24N4O5S/c1-26-35(31,32)21-10-6-18(7-11-21)8-13-25(30)28-19-9-12-22(33-2)23(15-19)34-17-20-16-29-14-4-3-5-24(29)27-20/h3-16,26H,17H2,1-2H3,(H,28,30). The van der Waals surface area contributed by atoms with Gasteiger partial charge >= 0.3 is 0 Å². The van der Waals surface area contributed by atoms with Crippen LogP contribution in [0.15, 0.2) is 84.0 Å². The summed E-state index contributed by atoms with van der Waals surface area (Å²) in [6.07, 6.45) is 6.76. The summed E-state index contributed by atoms with van der Waals surface area (Å²) in [5, 5.41) is 2.78. The molecule has 0 saturated carbocycles. The van der Waals surface area contributed by atoms with Crippen molar-refractivity contribution in [2.75, 3.05) is 19.5 Å². The van der Waals surface area contributed by atoms with Crippen molar-refractivity contribution < 1.29 is 22.7 Å². The predicted molar refractivity (Wildman–Crippen MR) is 133 cm³/mol. The predicted octanol–water partition coefficient (Wildman–Crippen LogP) is 3.48. The Morgan fingerprint density at radius 3 is 2.60 bits per heavy atom. The molecule has 2 aromatic carbocycles. The number of imidazole rings is 1. The van der Waals surface area contributed by atoms with E-state index in [1.165, 1.54) is 25.3 Å².